The van der Waals surface area contributed by atoms with Crippen molar-refractivity contribution in [3.05, 3.63) is 193 Å². The second-order valence-corrected chi connectivity index (χ2v) is 16.4. The Hall–Kier alpha value is -6.68. The maximum Gasteiger partial charge on any atom is 0.160 e. The summed E-state index contributed by atoms with van der Waals surface area (Å²) in [4.78, 5) is 10.5. The fourth-order valence-electron chi connectivity index (χ4n) is 8.88. The van der Waals surface area contributed by atoms with Crippen molar-refractivity contribution in [1.29, 1.82) is 0 Å². The first-order valence-corrected chi connectivity index (χ1v) is 20.1. The third-order valence-electron chi connectivity index (χ3n) is 11.7. The maximum absolute atomic E-state index is 5.26. The summed E-state index contributed by atoms with van der Waals surface area (Å²) in [5, 5.41) is 5.15. The number of fused-ring (bicyclic) bond motifs is 7. The number of nitrogens with zero attached hydrogens (tertiary/aromatic N) is 2. The molecule has 0 bridgehead atoms. The lowest BCUT2D eigenvalue weighted by Gasteiger charge is -2.22. The molecule has 1 aliphatic carbocycles. The van der Waals surface area contributed by atoms with Crippen LogP contribution in [0.15, 0.2) is 182 Å². The molecule has 2 aromatic heterocycles. The van der Waals surface area contributed by atoms with Gasteiger partial charge in [-0.2, -0.15) is 0 Å². The van der Waals surface area contributed by atoms with Crippen LogP contribution in [0.25, 0.3) is 98.2 Å². The molecule has 0 saturated heterocycles. The summed E-state index contributed by atoms with van der Waals surface area (Å²) < 4.78 is 2.59. The van der Waals surface area contributed by atoms with Gasteiger partial charge in [-0.15, -0.1) is 11.3 Å². The molecular weight excluding hydrogens is 697 g/mol. The predicted molar refractivity (Wildman–Crippen MR) is 237 cm³/mol. The second-order valence-electron chi connectivity index (χ2n) is 15.3. The molecule has 0 amide bonds. The molecular formula is C53H36N2S. The number of rotatable bonds is 5. The fourth-order valence-corrected chi connectivity index (χ4v) is 10.1. The van der Waals surface area contributed by atoms with Gasteiger partial charge in [0.1, 0.15) is 0 Å². The van der Waals surface area contributed by atoms with E-state index in [0.717, 1.165) is 33.6 Å². The van der Waals surface area contributed by atoms with Crippen LogP contribution in [0, 0.1) is 0 Å². The van der Waals surface area contributed by atoms with Crippen molar-refractivity contribution >= 4 is 42.3 Å². The van der Waals surface area contributed by atoms with Crippen LogP contribution in [0.5, 0.6) is 0 Å². The Bertz CT molecular complexity index is 3150. The quantitative estimate of drug-likeness (QED) is 0.176. The fraction of sp³-hybridized carbons (Fsp3) is 0.0566. The lowest BCUT2D eigenvalue weighted by atomic mass is 9.81. The van der Waals surface area contributed by atoms with E-state index in [-0.39, 0.29) is 5.41 Å². The standard InChI is InChI=1S/C53H36N2S/c1-53(2)45-24-13-21-38(50(45)44-30-36-16-6-7-17-37(36)31-46(44)53)33-26-28-34(29-27-33)47-32-48(55-52(54-47)35-14-4-3-5-15-35)40-19-9-8-18-39(40)42-22-12-23-43-41-20-10-11-25-49(41)56-51(42)43/h3-32H,1-2H3. The van der Waals surface area contributed by atoms with Crippen molar-refractivity contribution in [3.8, 4) is 67.3 Å². The Balaban J connectivity index is 1.04. The minimum Gasteiger partial charge on any atom is -0.228 e. The first-order chi connectivity index (χ1) is 27.5. The molecule has 8 aromatic carbocycles. The van der Waals surface area contributed by atoms with E-state index in [9.17, 15) is 0 Å². The van der Waals surface area contributed by atoms with E-state index in [1.165, 1.54) is 69.9 Å². The van der Waals surface area contributed by atoms with E-state index in [2.05, 4.69) is 190 Å². The van der Waals surface area contributed by atoms with Gasteiger partial charge in [-0.25, -0.2) is 9.97 Å². The van der Waals surface area contributed by atoms with Gasteiger partial charge in [-0.3, -0.25) is 0 Å². The lowest BCUT2D eigenvalue weighted by molar-refractivity contribution is 0.661. The van der Waals surface area contributed by atoms with E-state index in [0.29, 0.717) is 5.82 Å². The van der Waals surface area contributed by atoms with Gasteiger partial charge in [0.25, 0.3) is 0 Å². The molecule has 0 unspecified atom stereocenters. The molecule has 0 saturated carbocycles. The Morgan fingerprint density at radius 3 is 1.88 bits per heavy atom. The topological polar surface area (TPSA) is 25.8 Å². The van der Waals surface area contributed by atoms with Gasteiger partial charge in [0.2, 0.25) is 0 Å². The molecule has 0 N–H and O–H groups in total. The summed E-state index contributed by atoms with van der Waals surface area (Å²) in [6.45, 7) is 4.72. The highest BCUT2D eigenvalue weighted by atomic mass is 32.1. The van der Waals surface area contributed by atoms with Crippen LogP contribution in [-0.2, 0) is 5.41 Å². The van der Waals surface area contributed by atoms with Gasteiger partial charge in [0, 0.05) is 47.8 Å². The highest BCUT2D eigenvalue weighted by Gasteiger charge is 2.37. The minimum atomic E-state index is -0.0887. The SMILES string of the molecule is CC1(C)c2cc3ccccc3cc2-c2c(-c3ccc(-c4cc(-c5ccccc5-c5cccc6c5sc5ccccc56)nc(-c5ccccc5)n4)cc3)cccc21. The normalized spacial score (nSPS) is 13.0. The molecule has 0 aliphatic heterocycles. The molecule has 11 rings (SSSR count). The van der Waals surface area contributed by atoms with E-state index < -0.39 is 0 Å². The number of hydrogen-bond donors (Lipinski definition) is 0. The van der Waals surface area contributed by atoms with Crippen LogP contribution in [-0.4, -0.2) is 9.97 Å². The molecule has 2 nitrogen and oxygen atoms in total. The van der Waals surface area contributed by atoms with E-state index >= 15 is 0 Å². The third kappa shape index (κ3) is 5.16. The van der Waals surface area contributed by atoms with Gasteiger partial charge < -0.3 is 0 Å². The first kappa shape index (κ1) is 32.7. The van der Waals surface area contributed by atoms with Gasteiger partial charge in [-0.1, -0.05) is 172 Å². The number of benzene rings is 8. The van der Waals surface area contributed by atoms with Crippen LogP contribution in [0.3, 0.4) is 0 Å². The molecule has 0 fully saturated rings. The van der Waals surface area contributed by atoms with Crippen molar-refractivity contribution < 1.29 is 0 Å². The maximum atomic E-state index is 5.26. The Morgan fingerprint density at radius 2 is 1.04 bits per heavy atom. The summed E-state index contributed by atoms with van der Waals surface area (Å²) in [7, 11) is 0. The zero-order valence-electron chi connectivity index (χ0n) is 31.1. The van der Waals surface area contributed by atoms with Crippen molar-refractivity contribution in [3.63, 3.8) is 0 Å². The Morgan fingerprint density at radius 1 is 0.411 bits per heavy atom. The number of thiophene rings is 1. The zero-order valence-corrected chi connectivity index (χ0v) is 31.9. The molecule has 0 atom stereocenters. The molecule has 0 radical (unpaired) electrons. The number of hydrogen-bond acceptors (Lipinski definition) is 3. The molecule has 1 aliphatic rings. The third-order valence-corrected chi connectivity index (χ3v) is 12.9. The van der Waals surface area contributed by atoms with Crippen molar-refractivity contribution in [1.82, 2.24) is 9.97 Å². The lowest BCUT2D eigenvalue weighted by Crippen LogP contribution is -2.14. The summed E-state index contributed by atoms with van der Waals surface area (Å²) in [5.74, 6) is 0.712. The van der Waals surface area contributed by atoms with Gasteiger partial charge in [0.15, 0.2) is 5.82 Å². The smallest absolute Gasteiger partial charge is 0.160 e. The van der Waals surface area contributed by atoms with Crippen LogP contribution in [0.4, 0.5) is 0 Å². The summed E-state index contributed by atoms with van der Waals surface area (Å²) in [5.41, 5.74) is 15.1. The van der Waals surface area contributed by atoms with Gasteiger partial charge >= 0.3 is 0 Å². The van der Waals surface area contributed by atoms with Gasteiger partial charge in [0.05, 0.1) is 11.4 Å². The molecule has 0 spiro atoms. The molecule has 56 heavy (non-hydrogen) atoms. The van der Waals surface area contributed by atoms with E-state index in [4.69, 9.17) is 9.97 Å². The molecule has 264 valence electrons. The van der Waals surface area contributed by atoms with Crippen molar-refractivity contribution in [2.45, 2.75) is 19.3 Å². The van der Waals surface area contributed by atoms with Crippen LogP contribution in [0.1, 0.15) is 25.0 Å². The molecule has 10 aromatic rings. The largest absolute Gasteiger partial charge is 0.228 e. The van der Waals surface area contributed by atoms with Crippen molar-refractivity contribution in [2.75, 3.05) is 0 Å². The van der Waals surface area contributed by atoms with Crippen LogP contribution < -0.4 is 0 Å². The first-order valence-electron chi connectivity index (χ1n) is 19.2. The zero-order chi connectivity index (χ0) is 37.4. The predicted octanol–water partition coefficient (Wildman–Crippen LogP) is 14.6. The summed E-state index contributed by atoms with van der Waals surface area (Å²) in [6, 6.07) is 65.8. The van der Waals surface area contributed by atoms with E-state index in [1.807, 2.05) is 17.4 Å². The highest BCUT2D eigenvalue weighted by Crippen LogP contribution is 2.53. The second kappa shape index (κ2) is 12.7. The highest BCUT2D eigenvalue weighted by molar-refractivity contribution is 7.26. The van der Waals surface area contributed by atoms with E-state index in [1.54, 1.807) is 0 Å². The Labute approximate surface area is 330 Å². The average Bonchev–Trinajstić information content (AvgIpc) is 3.75. The molecule has 3 heteroatoms. The number of aromatic nitrogens is 2. The summed E-state index contributed by atoms with van der Waals surface area (Å²) in [6.07, 6.45) is 0. The van der Waals surface area contributed by atoms with Crippen LogP contribution >= 0.6 is 11.3 Å². The minimum absolute atomic E-state index is 0.0887. The average molecular weight is 733 g/mol. The van der Waals surface area contributed by atoms with Crippen molar-refractivity contribution in [2.24, 2.45) is 0 Å². The molecule has 2 heterocycles. The monoisotopic (exact) mass is 732 g/mol. The Kier molecular flexibility index (Phi) is 7.42. The summed E-state index contributed by atoms with van der Waals surface area (Å²) >= 11 is 1.86. The van der Waals surface area contributed by atoms with Gasteiger partial charge in [-0.05, 0) is 74.0 Å². The van der Waals surface area contributed by atoms with Crippen LogP contribution in [0.2, 0.25) is 0 Å².